The number of allylic oxidation sites excluding steroid dienone is 1. The van der Waals surface area contributed by atoms with Gasteiger partial charge in [-0.05, 0) is 31.3 Å². The highest BCUT2D eigenvalue weighted by atomic mass is 16.6. The first-order valence-electron chi connectivity index (χ1n) is 3.09. The molecular weight excluding hydrogens is 118 g/mol. The maximum Gasteiger partial charge on any atom is 0.230 e. The normalized spacial score (nSPS) is 18.7. The van der Waals surface area contributed by atoms with Crippen LogP contribution in [-0.4, -0.2) is 4.92 Å². The second kappa shape index (κ2) is 2.62. The molecule has 0 spiro atoms. The van der Waals surface area contributed by atoms with Gasteiger partial charge in [0.1, 0.15) is 0 Å². The van der Waals surface area contributed by atoms with Crippen molar-refractivity contribution < 1.29 is 4.92 Å². The fraction of sp³-hybridized carbons (Fsp3) is 0.667. The first kappa shape index (κ1) is 6.26. The Hall–Kier alpha value is -0.860. The quantitative estimate of drug-likeness (QED) is 0.426. The van der Waals surface area contributed by atoms with Crippen LogP contribution in [0.15, 0.2) is 12.3 Å². The monoisotopic (exact) mass is 127 g/mol. The second-order valence-electron chi connectivity index (χ2n) is 2.35. The van der Waals surface area contributed by atoms with Crippen LogP contribution in [0.25, 0.3) is 0 Å². The summed E-state index contributed by atoms with van der Waals surface area (Å²) in [7, 11) is 0. The minimum Gasteiger partial charge on any atom is -0.259 e. The van der Waals surface area contributed by atoms with Crippen LogP contribution in [0.3, 0.4) is 0 Å². The molecule has 9 heavy (non-hydrogen) atoms. The van der Waals surface area contributed by atoms with Crippen molar-refractivity contribution >= 4 is 0 Å². The minimum absolute atomic E-state index is 0.414. The van der Waals surface area contributed by atoms with Crippen LogP contribution in [0.2, 0.25) is 0 Å². The molecular formula is C6H9NO2. The van der Waals surface area contributed by atoms with Gasteiger partial charge in [0.05, 0.1) is 4.92 Å². The molecule has 0 unspecified atom stereocenters. The smallest absolute Gasteiger partial charge is 0.230 e. The van der Waals surface area contributed by atoms with Gasteiger partial charge in [0.25, 0.3) is 0 Å². The lowest BCUT2D eigenvalue weighted by molar-refractivity contribution is -0.402. The van der Waals surface area contributed by atoms with Gasteiger partial charge in [-0.2, -0.15) is 0 Å². The lowest BCUT2D eigenvalue weighted by Crippen LogP contribution is -1.82. The number of hydrogen-bond donors (Lipinski definition) is 0. The van der Waals surface area contributed by atoms with Crippen LogP contribution in [0.4, 0.5) is 0 Å². The fourth-order valence-electron chi connectivity index (χ4n) is 0.693. The molecule has 0 aromatic carbocycles. The summed E-state index contributed by atoms with van der Waals surface area (Å²) in [4.78, 5) is 9.31. The summed E-state index contributed by atoms with van der Waals surface area (Å²) in [5, 5.41) is 9.72. The molecule has 50 valence electrons. The lowest BCUT2D eigenvalue weighted by Gasteiger charge is -1.80. The van der Waals surface area contributed by atoms with Crippen molar-refractivity contribution in [2.45, 2.75) is 19.3 Å². The molecule has 0 saturated heterocycles. The molecule has 0 aliphatic heterocycles. The first-order valence-corrected chi connectivity index (χ1v) is 3.09. The molecule has 0 radical (unpaired) electrons. The van der Waals surface area contributed by atoms with Gasteiger partial charge in [-0.25, -0.2) is 0 Å². The van der Waals surface area contributed by atoms with E-state index >= 15 is 0 Å². The van der Waals surface area contributed by atoms with Crippen molar-refractivity contribution in [1.29, 1.82) is 0 Å². The van der Waals surface area contributed by atoms with E-state index in [1.807, 2.05) is 0 Å². The summed E-state index contributed by atoms with van der Waals surface area (Å²) in [6.07, 6.45) is 6.06. The van der Waals surface area contributed by atoms with E-state index in [4.69, 9.17) is 0 Å². The van der Waals surface area contributed by atoms with Gasteiger partial charge in [-0.1, -0.05) is 0 Å². The molecule has 1 saturated carbocycles. The zero-order chi connectivity index (χ0) is 6.69. The number of nitrogens with zero attached hydrogens (tertiary/aromatic N) is 1. The Labute approximate surface area is 53.5 Å². The van der Waals surface area contributed by atoms with E-state index in [9.17, 15) is 10.1 Å². The second-order valence-corrected chi connectivity index (χ2v) is 2.35. The predicted molar refractivity (Wildman–Crippen MR) is 33.5 cm³/mol. The summed E-state index contributed by atoms with van der Waals surface area (Å²) in [6, 6.07) is 0. The highest BCUT2D eigenvalue weighted by Crippen LogP contribution is 2.32. The van der Waals surface area contributed by atoms with E-state index < -0.39 is 4.92 Å². The van der Waals surface area contributed by atoms with Crippen LogP contribution in [-0.2, 0) is 0 Å². The van der Waals surface area contributed by atoms with Crippen LogP contribution >= 0.6 is 0 Å². The van der Waals surface area contributed by atoms with Gasteiger partial charge in [-0.3, -0.25) is 10.1 Å². The van der Waals surface area contributed by atoms with Crippen LogP contribution in [0.5, 0.6) is 0 Å². The molecule has 0 N–H and O–H groups in total. The Morgan fingerprint density at radius 2 is 2.33 bits per heavy atom. The topological polar surface area (TPSA) is 43.1 Å². The molecule has 1 rings (SSSR count). The SMILES string of the molecule is O=[N+]([O-])/C=C/CC1CC1. The van der Waals surface area contributed by atoms with E-state index in [-0.39, 0.29) is 0 Å². The molecule has 3 nitrogen and oxygen atoms in total. The third-order valence-corrected chi connectivity index (χ3v) is 1.39. The molecule has 0 bridgehead atoms. The predicted octanol–water partition coefficient (Wildman–Crippen LogP) is 1.58. The van der Waals surface area contributed by atoms with E-state index in [1.165, 1.54) is 12.8 Å². The Morgan fingerprint density at radius 3 is 2.78 bits per heavy atom. The average Bonchev–Trinajstić information content (AvgIpc) is 2.48. The molecule has 0 amide bonds. The standard InChI is InChI=1S/C6H9NO2/c8-7(9)5-1-2-6-3-4-6/h1,5-6H,2-4H2/b5-1+. The van der Waals surface area contributed by atoms with E-state index in [1.54, 1.807) is 6.08 Å². The molecule has 0 heterocycles. The fourth-order valence-corrected chi connectivity index (χ4v) is 0.693. The Morgan fingerprint density at radius 1 is 1.67 bits per heavy atom. The molecule has 1 fully saturated rings. The molecule has 1 aliphatic rings. The van der Waals surface area contributed by atoms with Gasteiger partial charge in [-0.15, -0.1) is 0 Å². The number of nitro groups is 1. The Kier molecular flexibility index (Phi) is 1.82. The van der Waals surface area contributed by atoms with Gasteiger partial charge < -0.3 is 0 Å². The minimum atomic E-state index is -0.414. The van der Waals surface area contributed by atoms with E-state index in [0.29, 0.717) is 0 Å². The Balaban J connectivity index is 2.08. The molecule has 0 aromatic heterocycles. The largest absolute Gasteiger partial charge is 0.259 e. The van der Waals surface area contributed by atoms with E-state index in [0.717, 1.165) is 18.5 Å². The average molecular weight is 127 g/mol. The first-order chi connectivity index (χ1) is 4.29. The van der Waals surface area contributed by atoms with Crippen LogP contribution in [0.1, 0.15) is 19.3 Å². The number of hydrogen-bond acceptors (Lipinski definition) is 2. The maximum absolute atomic E-state index is 9.72. The molecule has 0 aromatic rings. The van der Waals surface area contributed by atoms with Crippen molar-refractivity contribution in [3.05, 3.63) is 22.4 Å². The highest BCUT2D eigenvalue weighted by molar-refractivity contribution is 4.83. The summed E-state index contributed by atoms with van der Waals surface area (Å²) in [6.45, 7) is 0. The van der Waals surface area contributed by atoms with Gasteiger partial charge >= 0.3 is 0 Å². The van der Waals surface area contributed by atoms with Crippen LogP contribution in [0, 0.1) is 16.0 Å². The summed E-state index contributed by atoms with van der Waals surface area (Å²) in [5.74, 6) is 0.751. The highest BCUT2D eigenvalue weighted by Gasteiger charge is 2.19. The van der Waals surface area contributed by atoms with Crippen molar-refractivity contribution in [3.8, 4) is 0 Å². The van der Waals surface area contributed by atoms with Gasteiger partial charge in [0.2, 0.25) is 6.20 Å². The summed E-state index contributed by atoms with van der Waals surface area (Å²) in [5.41, 5.74) is 0. The van der Waals surface area contributed by atoms with Crippen molar-refractivity contribution in [1.82, 2.24) is 0 Å². The van der Waals surface area contributed by atoms with Gasteiger partial charge in [0.15, 0.2) is 0 Å². The zero-order valence-electron chi connectivity index (χ0n) is 5.12. The molecule has 1 aliphatic carbocycles. The molecule has 0 atom stereocenters. The molecule has 3 heteroatoms. The zero-order valence-corrected chi connectivity index (χ0v) is 5.12. The van der Waals surface area contributed by atoms with Crippen LogP contribution < -0.4 is 0 Å². The Bertz CT molecular complexity index is 138. The summed E-state index contributed by atoms with van der Waals surface area (Å²) >= 11 is 0. The van der Waals surface area contributed by atoms with E-state index in [2.05, 4.69) is 0 Å². The lowest BCUT2D eigenvalue weighted by atomic mass is 10.3. The third-order valence-electron chi connectivity index (χ3n) is 1.39. The van der Waals surface area contributed by atoms with Crippen molar-refractivity contribution in [2.24, 2.45) is 5.92 Å². The third kappa shape index (κ3) is 2.85. The van der Waals surface area contributed by atoms with Gasteiger partial charge in [0, 0.05) is 0 Å². The summed E-state index contributed by atoms with van der Waals surface area (Å²) < 4.78 is 0. The maximum atomic E-state index is 9.72. The van der Waals surface area contributed by atoms with Crippen molar-refractivity contribution in [2.75, 3.05) is 0 Å². The number of rotatable bonds is 3. The van der Waals surface area contributed by atoms with Crippen molar-refractivity contribution in [3.63, 3.8) is 0 Å².